The largest absolute Gasteiger partial charge is 0.469 e. The number of hydrogen-bond acceptors (Lipinski definition) is 5. The van der Waals surface area contributed by atoms with Gasteiger partial charge in [-0.25, -0.2) is 0 Å². The second-order valence-electron chi connectivity index (χ2n) is 4.38. The van der Waals surface area contributed by atoms with Gasteiger partial charge in [0.15, 0.2) is 0 Å². The molecule has 6 nitrogen and oxygen atoms in total. The van der Waals surface area contributed by atoms with Crippen LogP contribution in [0.1, 0.15) is 16.8 Å². The van der Waals surface area contributed by atoms with Gasteiger partial charge in [-0.3, -0.25) is 14.6 Å². The average molecular weight is 299 g/mol. The fraction of sp³-hybridized carbons (Fsp3) is 0.462. The summed E-state index contributed by atoms with van der Waals surface area (Å²) in [5, 5.41) is 0.313. The Morgan fingerprint density at radius 2 is 2.40 bits per heavy atom. The molecule has 108 valence electrons. The van der Waals surface area contributed by atoms with Crippen LogP contribution >= 0.6 is 11.6 Å². The predicted octanol–water partition coefficient (Wildman–Crippen LogP) is 1.14. The highest BCUT2D eigenvalue weighted by atomic mass is 35.5. The molecule has 0 radical (unpaired) electrons. The Morgan fingerprint density at radius 1 is 1.60 bits per heavy atom. The highest BCUT2D eigenvalue weighted by Gasteiger charge is 2.27. The molecule has 2 rings (SSSR count). The highest BCUT2D eigenvalue weighted by molar-refractivity contribution is 6.33. The third-order valence-electron chi connectivity index (χ3n) is 3.05. The Morgan fingerprint density at radius 3 is 3.10 bits per heavy atom. The van der Waals surface area contributed by atoms with Crippen molar-refractivity contribution in [2.75, 3.05) is 26.8 Å². The number of hydrogen-bond donors (Lipinski definition) is 0. The highest BCUT2D eigenvalue weighted by Crippen LogP contribution is 2.18. The Labute approximate surface area is 121 Å². The lowest BCUT2D eigenvalue weighted by Gasteiger charge is -2.32. The second-order valence-corrected chi connectivity index (χ2v) is 4.79. The molecule has 1 atom stereocenters. The van der Waals surface area contributed by atoms with Gasteiger partial charge in [0.2, 0.25) is 0 Å². The first kappa shape index (κ1) is 14.7. The molecule has 1 unspecified atom stereocenters. The van der Waals surface area contributed by atoms with E-state index in [2.05, 4.69) is 9.72 Å². The van der Waals surface area contributed by atoms with E-state index >= 15 is 0 Å². The van der Waals surface area contributed by atoms with Crippen LogP contribution in [-0.4, -0.2) is 54.7 Å². The van der Waals surface area contributed by atoms with Crippen LogP contribution in [0.15, 0.2) is 18.5 Å². The van der Waals surface area contributed by atoms with Gasteiger partial charge in [0, 0.05) is 25.5 Å². The Kier molecular flexibility index (Phi) is 4.92. The van der Waals surface area contributed by atoms with Crippen LogP contribution in [0.25, 0.3) is 0 Å². The number of pyridine rings is 1. The summed E-state index contributed by atoms with van der Waals surface area (Å²) in [6, 6.07) is 1.58. The van der Waals surface area contributed by atoms with E-state index in [0.717, 1.165) is 0 Å². The minimum absolute atomic E-state index is 0.129. The Hall–Kier alpha value is -1.66. The smallest absolute Gasteiger partial charge is 0.308 e. The molecule has 0 saturated carbocycles. The molecule has 7 heteroatoms. The molecule has 0 aromatic carbocycles. The molecule has 1 aliphatic heterocycles. The summed E-state index contributed by atoms with van der Waals surface area (Å²) in [4.78, 5) is 29.1. The van der Waals surface area contributed by atoms with E-state index in [-0.39, 0.29) is 24.4 Å². The zero-order valence-electron chi connectivity index (χ0n) is 11.0. The Balaban J connectivity index is 2.03. The van der Waals surface area contributed by atoms with Gasteiger partial charge in [0.25, 0.3) is 5.91 Å². The molecule has 0 spiro atoms. The van der Waals surface area contributed by atoms with Gasteiger partial charge in [0.05, 0.1) is 36.8 Å². The summed E-state index contributed by atoms with van der Waals surface area (Å²) in [5.41, 5.74) is 0.403. The molecule has 1 saturated heterocycles. The van der Waals surface area contributed by atoms with Crippen molar-refractivity contribution in [1.82, 2.24) is 9.88 Å². The van der Waals surface area contributed by atoms with Crippen LogP contribution in [0.3, 0.4) is 0 Å². The van der Waals surface area contributed by atoms with Crippen molar-refractivity contribution in [1.29, 1.82) is 0 Å². The summed E-state index contributed by atoms with van der Waals surface area (Å²) < 4.78 is 10.1. The predicted molar refractivity (Wildman–Crippen MR) is 71.5 cm³/mol. The number of aromatic nitrogens is 1. The quantitative estimate of drug-likeness (QED) is 0.783. The molecule has 1 amide bonds. The lowest BCUT2D eigenvalue weighted by Crippen LogP contribution is -2.46. The maximum Gasteiger partial charge on any atom is 0.308 e. The van der Waals surface area contributed by atoms with Crippen LogP contribution in [0.5, 0.6) is 0 Å². The molecule has 1 aromatic rings. The molecule has 0 bridgehead atoms. The first-order valence-electron chi connectivity index (χ1n) is 6.19. The van der Waals surface area contributed by atoms with E-state index < -0.39 is 0 Å². The average Bonchev–Trinajstić information content (AvgIpc) is 2.47. The van der Waals surface area contributed by atoms with E-state index in [4.69, 9.17) is 16.3 Å². The summed E-state index contributed by atoms with van der Waals surface area (Å²) in [5.74, 6) is -0.540. The summed E-state index contributed by atoms with van der Waals surface area (Å²) in [6.45, 7) is 1.19. The normalized spacial score (nSPS) is 18.7. The molecule has 2 heterocycles. The van der Waals surface area contributed by atoms with E-state index in [9.17, 15) is 9.59 Å². The molecule has 0 N–H and O–H groups in total. The van der Waals surface area contributed by atoms with Crippen LogP contribution in [0.4, 0.5) is 0 Å². The molecule has 1 aromatic heterocycles. The lowest BCUT2D eigenvalue weighted by molar-refractivity contribution is -0.145. The molecule has 20 heavy (non-hydrogen) atoms. The summed E-state index contributed by atoms with van der Waals surface area (Å²) >= 11 is 5.97. The molecule has 1 fully saturated rings. The number of morpholine rings is 1. The number of methoxy groups -OCH3 is 1. The fourth-order valence-electron chi connectivity index (χ4n) is 2.02. The van der Waals surface area contributed by atoms with Gasteiger partial charge in [-0.15, -0.1) is 0 Å². The second kappa shape index (κ2) is 6.67. The van der Waals surface area contributed by atoms with Crippen molar-refractivity contribution in [2.24, 2.45) is 0 Å². The van der Waals surface area contributed by atoms with Crippen molar-refractivity contribution < 1.29 is 19.1 Å². The lowest BCUT2D eigenvalue weighted by atomic mass is 10.1. The number of rotatable bonds is 3. The molecule has 1 aliphatic rings. The number of nitrogens with zero attached hydrogens (tertiary/aromatic N) is 2. The summed E-state index contributed by atoms with van der Waals surface area (Å²) in [7, 11) is 1.32. The number of amides is 1. The number of esters is 1. The SMILES string of the molecule is COC(=O)CC1CN(C(=O)c2ccncc2Cl)CCO1. The number of ether oxygens (including phenoxy) is 2. The van der Waals surface area contributed by atoms with Crippen LogP contribution in [0, 0.1) is 0 Å². The molecular formula is C13H15ClN2O4. The van der Waals surface area contributed by atoms with Gasteiger partial charge < -0.3 is 14.4 Å². The first-order chi connectivity index (χ1) is 9.61. The minimum atomic E-state index is -0.355. The Bertz CT molecular complexity index is 509. The van der Waals surface area contributed by atoms with Crippen molar-refractivity contribution in [3.63, 3.8) is 0 Å². The van der Waals surface area contributed by atoms with Crippen molar-refractivity contribution >= 4 is 23.5 Å². The van der Waals surface area contributed by atoms with Crippen molar-refractivity contribution in [2.45, 2.75) is 12.5 Å². The van der Waals surface area contributed by atoms with Crippen LogP contribution < -0.4 is 0 Å². The topological polar surface area (TPSA) is 68.7 Å². The zero-order chi connectivity index (χ0) is 14.5. The van der Waals surface area contributed by atoms with Crippen LogP contribution in [0.2, 0.25) is 5.02 Å². The monoisotopic (exact) mass is 298 g/mol. The first-order valence-corrected chi connectivity index (χ1v) is 6.57. The number of halogens is 1. The van der Waals surface area contributed by atoms with E-state index in [0.29, 0.717) is 30.3 Å². The zero-order valence-corrected chi connectivity index (χ0v) is 11.8. The number of carbonyl (C=O) groups is 2. The van der Waals surface area contributed by atoms with Crippen molar-refractivity contribution in [3.8, 4) is 0 Å². The fourth-order valence-corrected chi connectivity index (χ4v) is 2.22. The van der Waals surface area contributed by atoms with Gasteiger partial charge in [-0.1, -0.05) is 11.6 Å². The van der Waals surface area contributed by atoms with E-state index in [1.54, 1.807) is 11.0 Å². The third-order valence-corrected chi connectivity index (χ3v) is 3.35. The van der Waals surface area contributed by atoms with Crippen molar-refractivity contribution in [3.05, 3.63) is 29.0 Å². The van der Waals surface area contributed by atoms with Gasteiger partial charge in [-0.05, 0) is 6.07 Å². The van der Waals surface area contributed by atoms with Gasteiger partial charge >= 0.3 is 5.97 Å². The number of carbonyl (C=O) groups excluding carboxylic acids is 2. The molecule has 0 aliphatic carbocycles. The standard InChI is InChI=1S/C13H15ClN2O4/c1-19-12(17)6-9-8-16(4-5-20-9)13(18)10-2-3-15-7-11(10)14/h2-3,7,9H,4-6,8H2,1H3. The van der Waals surface area contributed by atoms with Gasteiger partial charge in [0.1, 0.15) is 0 Å². The third kappa shape index (κ3) is 3.46. The summed E-state index contributed by atoms with van der Waals surface area (Å²) in [6.07, 6.45) is 2.73. The minimum Gasteiger partial charge on any atom is -0.469 e. The maximum atomic E-state index is 12.4. The maximum absolute atomic E-state index is 12.4. The van der Waals surface area contributed by atoms with Gasteiger partial charge in [-0.2, -0.15) is 0 Å². The van der Waals surface area contributed by atoms with E-state index in [1.165, 1.54) is 19.5 Å². The van der Waals surface area contributed by atoms with E-state index in [1.807, 2.05) is 0 Å². The van der Waals surface area contributed by atoms with Crippen LogP contribution in [-0.2, 0) is 14.3 Å². The molecular weight excluding hydrogens is 284 g/mol.